The second-order valence-electron chi connectivity index (χ2n) is 9.48. The number of hydrogen-bond donors (Lipinski definition) is 3. The Morgan fingerprint density at radius 2 is 1.34 bits per heavy atom. The maximum atomic E-state index is 11.7. The van der Waals surface area contributed by atoms with Crippen molar-refractivity contribution in [3.63, 3.8) is 0 Å². The molecule has 2 aromatic carbocycles. The number of amides is 1. The molecular weight excluding hydrogens is 495 g/mol. The van der Waals surface area contributed by atoms with Crippen molar-refractivity contribution in [2.75, 3.05) is 0 Å². The summed E-state index contributed by atoms with van der Waals surface area (Å²) in [6, 6.07) is 9.32. The molecule has 0 spiro atoms. The summed E-state index contributed by atoms with van der Waals surface area (Å²) in [4.78, 5) is 33.9. The first kappa shape index (κ1) is 30.2. The zero-order valence-corrected chi connectivity index (χ0v) is 22.2. The molecule has 1 amide bonds. The Balaban J connectivity index is 0.000000355. The number of rotatable bonds is 5. The van der Waals surface area contributed by atoms with Crippen molar-refractivity contribution < 1.29 is 29.0 Å². The van der Waals surface area contributed by atoms with Crippen molar-refractivity contribution >= 4 is 41.2 Å². The molecule has 4 N–H and O–H groups in total. The first-order valence-electron chi connectivity index (χ1n) is 10.7. The molecular formula is C25H32Cl2N2O6. The second kappa shape index (κ2) is 12.8. The number of carbonyl (C=O) groups excluding carboxylic acids is 2. The SMILES string of the molecule is CC(C)(C)OC(=O)NCc1ccc(C(=O)O)cc1Cl.CC(C)(C)OC(=O)c1ccc(CN)c(Cl)c1. The van der Waals surface area contributed by atoms with E-state index in [1.54, 1.807) is 45.0 Å². The number of carboxylic acids is 1. The lowest BCUT2D eigenvalue weighted by Crippen LogP contribution is -2.32. The standard InChI is InChI=1S/C13H16ClNO4.C12H16ClNO2/c1-13(2,3)19-12(18)15-7-9-5-4-8(11(16)17)6-10(9)14;1-12(2,3)16-11(15)8-4-5-9(7-14)10(13)6-8/h4-6H,7H2,1-3H3,(H,15,18)(H,16,17);4-6H,7,14H2,1-3H3. The number of alkyl carbamates (subject to hydrolysis) is 1. The fourth-order valence-corrected chi connectivity index (χ4v) is 2.99. The van der Waals surface area contributed by atoms with E-state index in [-0.39, 0.29) is 23.1 Å². The number of nitrogens with one attached hydrogen (secondary N) is 1. The quantitative estimate of drug-likeness (QED) is 0.418. The molecule has 35 heavy (non-hydrogen) atoms. The topological polar surface area (TPSA) is 128 Å². The van der Waals surface area contributed by atoms with Crippen LogP contribution in [0.1, 0.15) is 73.4 Å². The third kappa shape index (κ3) is 11.4. The fourth-order valence-electron chi connectivity index (χ4n) is 2.48. The van der Waals surface area contributed by atoms with Gasteiger partial charge in [-0.25, -0.2) is 14.4 Å². The van der Waals surface area contributed by atoms with E-state index in [1.165, 1.54) is 12.1 Å². The third-order valence-corrected chi connectivity index (χ3v) is 4.73. The summed E-state index contributed by atoms with van der Waals surface area (Å²) in [7, 11) is 0. The lowest BCUT2D eigenvalue weighted by atomic mass is 10.1. The van der Waals surface area contributed by atoms with E-state index >= 15 is 0 Å². The lowest BCUT2D eigenvalue weighted by molar-refractivity contribution is 0.00690. The maximum absolute atomic E-state index is 11.7. The van der Waals surface area contributed by atoms with Gasteiger partial charge in [0.2, 0.25) is 0 Å². The molecule has 8 nitrogen and oxygen atoms in total. The Bertz CT molecular complexity index is 1060. The highest BCUT2D eigenvalue weighted by molar-refractivity contribution is 6.32. The van der Waals surface area contributed by atoms with E-state index in [1.807, 2.05) is 20.8 Å². The summed E-state index contributed by atoms with van der Waals surface area (Å²) < 4.78 is 10.3. The molecule has 0 saturated carbocycles. The van der Waals surface area contributed by atoms with E-state index in [9.17, 15) is 14.4 Å². The highest BCUT2D eigenvalue weighted by atomic mass is 35.5. The van der Waals surface area contributed by atoms with Gasteiger partial charge in [0.05, 0.1) is 11.1 Å². The zero-order valence-electron chi connectivity index (χ0n) is 20.7. The normalized spacial score (nSPS) is 11.1. The molecule has 192 valence electrons. The molecule has 0 fully saturated rings. The third-order valence-electron chi connectivity index (χ3n) is 4.03. The Kier molecular flexibility index (Phi) is 11.0. The van der Waals surface area contributed by atoms with E-state index in [4.69, 9.17) is 43.5 Å². The van der Waals surface area contributed by atoms with Gasteiger partial charge in [-0.3, -0.25) is 0 Å². The number of ether oxygens (including phenoxy) is 2. The fraction of sp³-hybridized carbons (Fsp3) is 0.400. The molecule has 10 heteroatoms. The number of benzene rings is 2. The predicted molar refractivity (Wildman–Crippen MR) is 136 cm³/mol. The van der Waals surface area contributed by atoms with Crippen LogP contribution < -0.4 is 11.1 Å². The van der Waals surface area contributed by atoms with Crippen molar-refractivity contribution in [1.82, 2.24) is 5.32 Å². The predicted octanol–water partition coefficient (Wildman–Crippen LogP) is 5.82. The number of carboxylic acid groups (broad SMARTS) is 1. The van der Waals surface area contributed by atoms with Crippen LogP contribution in [0, 0.1) is 0 Å². The number of carbonyl (C=O) groups is 3. The van der Waals surface area contributed by atoms with Crippen molar-refractivity contribution in [2.24, 2.45) is 5.73 Å². The van der Waals surface area contributed by atoms with Crippen molar-refractivity contribution in [1.29, 1.82) is 0 Å². The number of hydrogen-bond acceptors (Lipinski definition) is 6. The minimum atomic E-state index is -1.05. The van der Waals surface area contributed by atoms with Gasteiger partial charge < -0.3 is 25.6 Å². The summed E-state index contributed by atoms with van der Waals surface area (Å²) >= 11 is 11.9. The molecule has 0 aliphatic carbocycles. The second-order valence-corrected chi connectivity index (χ2v) is 10.3. The summed E-state index contributed by atoms with van der Waals surface area (Å²) in [5.41, 5.74) is 6.39. The molecule has 0 aliphatic heterocycles. The van der Waals surface area contributed by atoms with Crippen LogP contribution in [0.4, 0.5) is 4.79 Å². The molecule has 0 aromatic heterocycles. The van der Waals surface area contributed by atoms with Gasteiger partial charge in [0.15, 0.2) is 0 Å². The van der Waals surface area contributed by atoms with Gasteiger partial charge in [0, 0.05) is 23.1 Å². The molecule has 2 rings (SSSR count). The van der Waals surface area contributed by atoms with Crippen LogP contribution in [-0.2, 0) is 22.6 Å². The maximum Gasteiger partial charge on any atom is 0.407 e. The smallest absolute Gasteiger partial charge is 0.407 e. The van der Waals surface area contributed by atoms with Crippen LogP contribution in [0.3, 0.4) is 0 Å². The lowest BCUT2D eigenvalue weighted by Gasteiger charge is -2.19. The van der Waals surface area contributed by atoms with E-state index < -0.39 is 23.3 Å². The largest absolute Gasteiger partial charge is 0.478 e. The molecule has 0 atom stereocenters. The zero-order chi connectivity index (χ0) is 27.0. The van der Waals surface area contributed by atoms with Crippen molar-refractivity contribution in [3.8, 4) is 0 Å². The Morgan fingerprint density at radius 3 is 1.80 bits per heavy atom. The molecule has 0 radical (unpaired) electrons. The monoisotopic (exact) mass is 526 g/mol. The van der Waals surface area contributed by atoms with Crippen LogP contribution in [0.15, 0.2) is 36.4 Å². The minimum Gasteiger partial charge on any atom is -0.478 e. The van der Waals surface area contributed by atoms with Crippen molar-refractivity contribution in [3.05, 3.63) is 68.7 Å². The molecule has 0 saturated heterocycles. The number of esters is 1. The van der Waals surface area contributed by atoms with Crippen LogP contribution >= 0.6 is 23.2 Å². The minimum absolute atomic E-state index is 0.103. The van der Waals surface area contributed by atoms with E-state index in [0.717, 1.165) is 5.56 Å². The first-order valence-corrected chi connectivity index (χ1v) is 11.5. The summed E-state index contributed by atoms with van der Waals surface area (Å²) in [6.07, 6.45) is -0.550. The highest BCUT2D eigenvalue weighted by Crippen LogP contribution is 2.20. The number of nitrogens with two attached hydrogens (primary N) is 1. The Morgan fingerprint density at radius 1 is 0.857 bits per heavy atom. The average molecular weight is 527 g/mol. The van der Waals surface area contributed by atoms with Gasteiger partial charge in [-0.1, -0.05) is 35.3 Å². The summed E-state index contributed by atoms with van der Waals surface area (Å²) in [6.45, 7) is 11.3. The van der Waals surface area contributed by atoms with Crippen LogP contribution in [0.5, 0.6) is 0 Å². The van der Waals surface area contributed by atoms with Crippen molar-refractivity contribution in [2.45, 2.75) is 65.8 Å². The first-order chi connectivity index (χ1) is 16.0. The van der Waals surface area contributed by atoms with Crippen LogP contribution in [-0.4, -0.2) is 34.3 Å². The van der Waals surface area contributed by atoms with Gasteiger partial charge in [-0.2, -0.15) is 0 Å². The van der Waals surface area contributed by atoms with E-state index in [2.05, 4.69) is 5.32 Å². The number of aromatic carboxylic acids is 1. The molecule has 0 bridgehead atoms. The molecule has 0 heterocycles. The molecule has 2 aromatic rings. The van der Waals surface area contributed by atoms with E-state index in [0.29, 0.717) is 22.7 Å². The van der Waals surface area contributed by atoms with Gasteiger partial charge >= 0.3 is 18.0 Å². The van der Waals surface area contributed by atoms with Gasteiger partial charge in [0.1, 0.15) is 11.2 Å². The Labute approximate surface area is 215 Å². The Hall–Kier alpha value is -2.81. The van der Waals surface area contributed by atoms with Crippen LogP contribution in [0.2, 0.25) is 10.0 Å². The number of halogens is 2. The average Bonchev–Trinajstić information content (AvgIpc) is 2.70. The highest BCUT2D eigenvalue weighted by Gasteiger charge is 2.18. The molecule has 0 unspecified atom stereocenters. The van der Waals surface area contributed by atoms with Gasteiger partial charge in [-0.05, 0) is 76.9 Å². The van der Waals surface area contributed by atoms with Gasteiger partial charge in [0.25, 0.3) is 0 Å². The van der Waals surface area contributed by atoms with Crippen LogP contribution in [0.25, 0.3) is 0 Å². The summed E-state index contributed by atoms with van der Waals surface area (Å²) in [5.74, 6) is -1.42. The summed E-state index contributed by atoms with van der Waals surface area (Å²) in [5, 5.41) is 12.1. The van der Waals surface area contributed by atoms with Gasteiger partial charge in [-0.15, -0.1) is 0 Å². The molecule has 0 aliphatic rings.